The van der Waals surface area contributed by atoms with E-state index in [-0.39, 0.29) is 12.5 Å². The summed E-state index contributed by atoms with van der Waals surface area (Å²) < 4.78 is 5.53. The molecule has 2 heterocycles. The third-order valence-electron chi connectivity index (χ3n) is 3.56. The molecule has 0 unspecified atom stereocenters. The van der Waals surface area contributed by atoms with E-state index in [1.54, 1.807) is 6.20 Å². The van der Waals surface area contributed by atoms with Crippen LogP contribution in [0.15, 0.2) is 18.3 Å². The minimum Gasteiger partial charge on any atom is -0.482 e. The quantitative estimate of drug-likeness (QED) is 0.870. The molecule has 21 heavy (non-hydrogen) atoms. The molecule has 1 aromatic heterocycles. The molecule has 0 spiro atoms. The molecule has 1 saturated heterocycles. The van der Waals surface area contributed by atoms with E-state index in [1.807, 2.05) is 17.0 Å². The number of likely N-dealkylation sites (tertiary alicyclic amines) is 1. The Labute approximate surface area is 126 Å². The highest BCUT2D eigenvalue weighted by atomic mass is 16.5. The highest BCUT2D eigenvalue weighted by Crippen LogP contribution is 2.12. The molecular formula is C16H25N3O2. The zero-order chi connectivity index (χ0) is 15.1. The summed E-state index contributed by atoms with van der Waals surface area (Å²) in [5.74, 6) is 0.717. The molecule has 1 N–H and O–H groups in total. The number of carbonyl (C=O) groups is 1. The molecule has 0 radical (unpaired) electrons. The highest BCUT2D eigenvalue weighted by Gasteiger charge is 2.16. The van der Waals surface area contributed by atoms with Gasteiger partial charge in [-0.1, -0.05) is 13.8 Å². The van der Waals surface area contributed by atoms with Crippen LogP contribution in [0.25, 0.3) is 0 Å². The van der Waals surface area contributed by atoms with Crippen molar-refractivity contribution in [1.29, 1.82) is 0 Å². The lowest BCUT2D eigenvalue weighted by Gasteiger charge is -2.26. The maximum absolute atomic E-state index is 12.0. The normalized spacial score (nSPS) is 15.3. The first-order chi connectivity index (χ1) is 10.1. The Hall–Kier alpha value is -1.62. The van der Waals surface area contributed by atoms with Crippen LogP contribution in [0.3, 0.4) is 0 Å². The number of aromatic nitrogens is 1. The van der Waals surface area contributed by atoms with E-state index >= 15 is 0 Å². The van der Waals surface area contributed by atoms with Crippen LogP contribution >= 0.6 is 0 Å². The predicted molar refractivity (Wildman–Crippen MR) is 82.1 cm³/mol. The Morgan fingerprint density at radius 2 is 2.10 bits per heavy atom. The summed E-state index contributed by atoms with van der Waals surface area (Å²) in [6, 6.07) is 4.23. The van der Waals surface area contributed by atoms with Gasteiger partial charge in [0.05, 0.1) is 11.9 Å². The SMILES string of the molecule is CC(C)NCc1ccc(OCC(=O)N2CCCCC2)cn1. The molecule has 1 aliphatic rings. The van der Waals surface area contributed by atoms with Crippen molar-refractivity contribution in [2.24, 2.45) is 0 Å². The molecule has 5 heteroatoms. The summed E-state index contributed by atoms with van der Waals surface area (Å²) >= 11 is 0. The first-order valence-electron chi connectivity index (χ1n) is 7.74. The van der Waals surface area contributed by atoms with Crippen LogP contribution in [-0.4, -0.2) is 41.5 Å². The molecule has 0 bridgehead atoms. The molecule has 1 aromatic rings. The third-order valence-corrected chi connectivity index (χ3v) is 3.56. The van der Waals surface area contributed by atoms with Crippen molar-refractivity contribution in [3.8, 4) is 5.75 Å². The number of nitrogens with zero attached hydrogens (tertiary/aromatic N) is 2. The van der Waals surface area contributed by atoms with Gasteiger partial charge in [-0.05, 0) is 31.4 Å². The minimum absolute atomic E-state index is 0.0697. The van der Waals surface area contributed by atoms with E-state index in [4.69, 9.17) is 4.74 Å². The topological polar surface area (TPSA) is 54.5 Å². The Morgan fingerprint density at radius 1 is 1.33 bits per heavy atom. The standard InChI is InChI=1S/C16H25N3O2/c1-13(2)17-10-14-6-7-15(11-18-14)21-12-16(20)19-8-4-3-5-9-19/h6-7,11,13,17H,3-5,8-10,12H2,1-2H3. The third kappa shape index (κ3) is 5.34. The van der Waals surface area contributed by atoms with Crippen LogP contribution in [0.1, 0.15) is 38.8 Å². The predicted octanol–water partition coefficient (Wildman–Crippen LogP) is 1.97. The summed E-state index contributed by atoms with van der Waals surface area (Å²) in [6.45, 7) is 6.77. The fourth-order valence-electron chi connectivity index (χ4n) is 2.29. The van der Waals surface area contributed by atoms with E-state index in [1.165, 1.54) is 6.42 Å². The first kappa shape index (κ1) is 15.8. The number of rotatable bonds is 6. The summed E-state index contributed by atoms with van der Waals surface area (Å²) in [5, 5.41) is 3.31. The van der Waals surface area contributed by atoms with Crippen LogP contribution in [0.5, 0.6) is 5.75 Å². The number of piperidine rings is 1. The average molecular weight is 291 g/mol. The number of ether oxygens (including phenoxy) is 1. The second kappa shape index (κ2) is 7.98. The molecular weight excluding hydrogens is 266 g/mol. The molecule has 0 atom stereocenters. The van der Waals surface area contributed by atoms with Gasteiger partial charge in [-0.25, -0.2) is 0 Å². The lowest BCUT2D eigenvalue weighted by Crippen LogP contribution is -2.38. The van der Waals surface area contributed by atoms with Crippen molar-refractivity contribution in [2.45, 2.75) is 45.7 Å². The zero-order valence-electron chi connectivity index (χ0n) is 13.0. The van der Waals surface area contributed by atoms with E-state index in [9.17, 15) is 4.79 Å². The van der Waals surface area contributed by atoms with Gasteiger partial charge in [0, 0.05) is 25.7 Å². The van der Waals surface area contributed by atoms with Gasteiger partial charge in [0.2, 0.25) is 0 Å². The number of amides is 1. The summed E-state index contributed by atoms with van der Waals surface area (Å²) in [4.78, 5) is 18.2. The van der Waals surface area contributed by atoms with Gasteiger partial charge in [0.25, 0.3) is 5.91 Å². The van der Waals surface area contributed by atoms with E-state index in [0.29, 0.717) is 11.8 Å². The maximum atomic E-state index is 12.0. The molecule has 1 aliphatic heterocycles. The first-order valence-corrected chi connectivity index (χ1v) is 7.74. The van der Waals surface area contributed by atoms with Gasteiger partial charge >= 0.3 is 0 Å². The van der Waals surface area contributed by atoms with Crippen molar-refractivity contribution < 1.29 is 9.53 Å². The smallest absolute Gasteiger partial charge is 0.260 e. The number of pyridine rings is 1. The van der Waals surface area contributed by atoms with Gasteiger partial charge in [-0.15, -0.1) is 0 Å². The molecule has 2 rings (SSSR count). The van der Waals surface area contributed by atoms with Gasteiger partial charge in [-0.2, -0.15) is 0 Å². The van der Waals surface area contributed by atoms with Gasteiger partial charge in [0.1, 0.15) is 5.75 Å². The number of hydrogen-bond acceptors (Lipinski definition) is 4. The molecule has 0 saturated carbocycles. The fourth-order valence-corrected chi connectivity index (χ4v) is 2.29. The average Bonchev–Trinajstić information content (AvgIpc) is 2.52. The van der Waals surface area contributed by atoms with Crippen LogP contribution in [-0.2, 0) is 11.3 Å². The van der Waals surface area contributed by atoms with Crippen molar-refractivity contribution >= 4 is 5.91 Å². The zero-order valence-corrected chi connectivity index (χ0v) is 13.0. The summed E-state index contributed by atoms with van der Waals surface area (Å²) in [7, 11) is 0. The van der Waals surface area contributed by atoms with Crippen LogP contribution < -0.4 is 10.1 Å². The number of carbonyl (C=O) groups excluding carboxylic acids is 1. The van der Waals surface area contributed by atoms with Crippen LogP contribution in [0.4, 0.5) is 0 Å². The largest absolute Gasteiger partial charge is 0.482 e. The van der Waals surface area contributed by atoms with Crippen molar-refractivity contribution in [1.82, 2.24) is 15.2 Å². The van der Waals surface area contributed by atoms with Gasteiger partial charge < -0.3 is 15.0 Å². The van der Waals surface area contributed by atoms with Crippen LogP contribution in [0.2, 0.25) is 0 Å². The minimum atomic E-state index is 0.0697. The summed E-state index contributed by atoms with van der Waals surface area (Å²) in [6.07, 6.45) is 5.11. The van der Waals surface area contributed by atoms with Crippen molar-refractivity contribution in [2.75, 3.05) is 19.7 Å². The lowest BCUT2D eigenvalue weighted by atomic mass is 10.1. The van der Waals surface area contributed by atoms with E-state index < -0.39 is 0 Å². The monoisotopic (exact) mass is 291 g/mol. The van der Waals surface area contributed by atoms with Gasteiger partial charge in [0.15, 0.2) is 6.61 Å². The summed E-state index contributed by atoms with van der Waals surface area (Å²) in [5.41, 5.74) is 0.971. The van der Waals surface area contributed by atoms with E-state index in [0.717, 1.165) is 38.2 Å². The van der Waals surface area contributed by atoms with Crippen molar-refractivity contribution in [3.05, 3.63) is 24.0 Å². The Kier molecular flexibility index (Phi) is 5.99. The molecule has 1 fully saturated rings. The lowest BCUT2D eigenvalue weighted by molar-refractivity contribution is -0.134. The molecule has 1 amide bonds. The Morgan fingerprint density at radius 3 is 2.71 bits per heavy atom. The molecule has 5 nitrogen and oxygen atoms in total. The Bertz CT molecular complexity index is 439. The number of hydrogen-bond donors (Lipinski definition) is 1. The van der Waals surface area contributed by atoms with Crippen molar-refractivity contribution in [3.63, 3.8) is 0 Å². The van der Waals surface area contributed by atoms with Crippen LogP contribution in [0, 0.1) is 0 Å². The molecule has 116 valence electrons. The fraction of sp³-hybridized carbons (Fsp3) is 0.625. The number of nitrogens with one attached hydrogen (secondary N) is 1. The maximum Gasteiger partial charge on any atom is 0.260 e. The second-order valence-corrected chi connectivity index (χ2v) is 5.75. The van der Waals surface area contributed by atoms with Gasteiger partial charge in [-0.3, -0.25) is 9.78 Å². The Balaban J connectivity index is 1.76. The second-order valence-electron chi connectivity index (χ2n) is 5.75. The molecule has 0 aliphatic carbocycles. The highest BCUT2D eigenvalue weighted by molar-refractivity contribution is 5.77. The van der Waals surface area contributed by atoms with E-state index in [2.05, 4.69) is 24.1 Å². The molecule has 0 aromatic carbocycles.